The van der Waals surface area contributed by atoms with Gasteiger partial charge in [-0.1, -0.05) is 32.3 Å². The third-order valence-electron chi connectivity index (χ3n) is 1.27. The molecule has 0 aromatic carbocycles. The van der Waals surface area contributed by atoms with E-state index in [-0.39, 0.29) is 19.0 Å². The van der Waals surface area contributed by atoms with Crippen LogP contribution in [0.4, 0.5) is 0 Å². The van der Waals surface area contributed by atoms with E-state index in [4.69, 9.17) is 8.85 Å². The van der Waals surface area contributed by atoms with E-state index in [2.05, 4.69) is 0 Å². The van der Waals surface area contributed by atoms with E-state index in [1.807, 2.05) is 6.92 Å². The number of rotatable bonds is 6. The zero-order valence-electron chi connectivity index (χ0n) is 10.5. The van der Waals surface area contributed by atoms with Gasteiger partial charge in [-0.3, -0.25) is 4.79 Å². The third-order valence-corrected chi connectivity index (χ3v) is 1.27. The lowest BCUT2D eigenvalue weighted by molar-refractivity contribution is -0.142. The zero-order valence-corrected chi connectivity index (χ0v) is 7.51. The summed E-state index contributed by atoms with van der Waals surface area (Å²) < 4.78 is 25.7. The van der Waals surface area contributed by atoms with Crippen molar-refractivity contribution >= 4 is 5.97 Å². The molecule has 0 radical (unpaired) electrons. The summed E-state index contributed by atoms with van der Waals surface area (Å²) in [5, 5.41) is 0. The minimum atomic E-state index is -1.87. The highest BCUT2D eigenvalue weighted by Gasteiger charge is 1.96. The maximum Gasteiger partial charge on any atom is 0.306 e. The SMILES string of the molecule is [2H]C([2H])([2H])CC/C=C/COC(=O)CCC. The van der Waals surface area contributed by atoms with Crippen LogP contribution >= 0.6 is 0 Å². The third kappa shape index (κ3) is 7.32. The van der Waals surface area contributed by atoms with Crippen molar-refractivity contribution in [3.8, 4) is 0 Å². The van der Waals surface area contributed by atoms with Gasteiger partial charge in [0.25, 0.3) is 0 Å². The smallest absolute Gasteiger partial charge is 0.306 e. The molecule has 0 aliphatic heterocycles. The molecule has 0 heterocycles. The minimum Gasteiger partial charge on any atom is -0.461 e. The van der Waals surface area contributed by atoms with Gasteiger partial charge in [0.05, 0.1) is 0 Å². The van der Waals surface area contributed by atoms with Crippen molar-refractivity contribution in [2.24, 2.45) is 0 Å². The topological polar surface area (TPSA) is 26.3 Å². The molecule has 0 aliphatic rings. The van der Waals surface area contributed by atoms with E-state index in [1.165, 1.54) is 0 Å². The van der Waals surface area contributed by atoms with Crippen molar-refractivity contribution in [2.45, 2.75) is 39.5 Å². The number of ether oxygens (including phenoxy) is 1. The molecular formula is C10H18O2. The number of hydrogen-bond acceptors (Lipinski definition) is 2. The van der Waals surface area contributed by atoms with E-state index < -0.39 is 6.85 Å². The van der Waals surface area contributed by atoms with E-state index >= 15 is 0 Å². The Morgan fingerprint density at radius 2 is 2.33 bits per heavy atom. The van der Waals surface area contributed by atoms with Gasteiger partial charge in [-0.25, -0.2) is 0 Å². The van der Waals surface area contributed by atoms with Crippen molar-refractivity contribution in [3.05, 3.63) is 12.2 Å². The molecular weight excluding hydrogens is 152 g/mol. The van der Waals surface area contributed by atoms with Crippen molar-refractivity contribution in [3.63, 3.8) is 0 Å². The molecule has 0 atom stereocenters. The largest absolute Gasteiger partial charge is 0.461 e. The van der Waals surface area contributed by atoms with Crippen LogP contribution in [0.3, 0.4) is 0 Å². The molecule has 0 saturated carbocycles. The highest BCUT2D eigenvalue weighted by molar-refractivity contribution is 5.69. The van der Waals surface area contributed by atoms with Crippen LogP contribution in [0.25, 0.3) is 0 Å². The molecule has 0 saturated heterocycles. The summed E-state index contributed by atoms with van der Waals surface area (Å²) in [4.78, 5) is 10.9. The Hall–Kier alpha value is -0.790. The summed E-state index contributed by atoms with van der Waals surface area (Å²) in [6.07, 6.45) is 5.27. The second kappa shape index (κ2) is 8.31. The van der Waals surface area contributed by atoms with E-state index in [9.17, 15) is 4.79 Å². The highest BCUT2D eigenvalue weighted by atomic mass is 16.5. The first-order chi connectivity index (χ1) is 6.95. The van der Waals surface area contributed by atoms with Crippen LogP contribution in [-0.2, 0) is 9.53 Å². The van der Waals surface area contributed by atoms with Crippen LogP contribution in [0.5, 0.6) is 0 Å². The fourth-order valence-electron chi connectivity index (χ4n) is 0.687. The predicted molar refractivity (Wildman–Crippen MR) is 49.9 cm³/mol. The molecule has 0 amide bonds. The molecule has 0 aliphatic carbocycles. The lowest BCUT2D eigenvalue weighted by atomic mass is 10.3. The first kappa shape index (κ1) is 6.70. The van der Waals surface area contributed by atoms with Gasteiger partial charge in [0.2, 0.25) is 0 Å². The fourth-order valence-corrected chi connectivity index (χ4v) is 0.687. The molecule has 0 spiro atoms. The van der Waals surface area contributed by atoms with Gasteiger partial charge in [-0.05, 0) is 12.8 Å². The molecule has 70 valence electrons. The number of carbonyl (C=O) groups is 1. The molecule has 2 nitrogen and oxygen atoms in total. The average Bonchev–Trinajstić information content (AvgIpc) is 2.09. The predicted octanol–water partition coefficient (Wildman–Crippen LogP) is 2.69. The lowest BCUT2D eigenvalue weighted by Crippen LogP contribution is -2.02. The summed E-state index contributed by atoms with van der Waals surface area (Å²) >= 11 is 0. The molecule has 0 aromatic rings. The summed E-state index contributed by atoms with van der Waals surface area (Å²) in [5.74, 6) is -0.210. The Kier molecular flexibility index (Phi) is 4.64. The Labute approximate surface area is 78.8 Å². The second-order valence-corrected chi connectivity index (χ2v) is 2.44. The summed E-state index contributed by atoms with van der Waals surface area (Å²) in [6.45, 7) is 0.274. The van der Waals surface area contributed by atoms with Crippen LogP contribution in [0, 0.1) is 0 Å². The average molecular weight is 173 g/mol. The quantitative estimate of drug-likeness (QED) is 0.456. The van der Waals surface area contributed by atoms with Crippen LogP contribution in [-0.4, -0.2) is 12.6 Å². The maximum atomic E-state index is 10.9. The highest BCUT2D eigenvalue weighted by Crippen LogP contribution is 1.92. The molecule has 0 fully saturated rings. The second-order valence-electron chi connectivity index (χ2n) is 2.44. The number of allylic oxidation sites excluding steroid dienone is 1. The van der Waals surface area contributed by atoms with Crippen molar-refractivity contribution in [1.29, 1.82) is 0 Å². The van der Waals surface area contributed by atoms with Gasteiger partial charge in [-0.15, -0.1) is 0 Å². The summed E-state index contributed by atoms with van der Waals surface area (Å²) in [6, 6.07) is 0. The molecule has 0 aromatic heterocycles. The van der Waals surface area contributed by atoms with Crippen LogP contribution in [0.15, 0.2) is 12.2 Å². The molecule has 2 heteroatoms. The molecule has 12 heavy (non-hydrogen) atoms. The van der Waals surface area contributed by atoms with Crippen LogP contribution < -0.4 is 0 Å². The van der Waals surface area contributed by atoms with Gasteiger partial charge in [0, 0.05) is 10.5 Å². The van der Waals surface area contributed by atoms with E-state index in [0.29, 0.717) is 12.8 Å². The van der Waals surface area contributed by atoms with Crippen molar-refractivity contribution < 1.29 is 13.6 Å². The Morgan fingerprint density at radius 1 is 1.50 bits per heavy atom. The van der Waals surface area contributed by atoms with Gasteiger partial charge in [0.1, 0.15) is 6.61 Å². The molecule has 0 rings (SSSR count). The van der Waals surface area contributed by atoms with E-state index in [0.717, 1.165) is 6.42 Å². The summed E-state index contributed by atoms with van der Waals surface area (Å²) in [5.41, 5.74) is 0. The minimum absolute atomic E-state index is 0.159. The van der Waals surface area contributed by atoms with E-state index in [1.54, 1.807) is 12.2 Å². The van der Waals surface area contributed by atoms with Crippen molar-refractivity contribution in [2.75, 3.05) is 6.61 Å². The van der Waals surface area contributed by atoms with Gasteiger partial charge in [-0.2, -0.15) is 0 Å². The number of hydrogen-bond donors (Lipinski definition) is 0. The summed E-state index contributed by atoms with van der Waals surface area (Å²) in [7, 11) is 0. The Balaban J connectivity index is 3.43. The first-order valence-electron chi connectivity index (χ1n) is 5.76. The fraction of sp³-hybridized carbons (Fsp3) is 0.700. The van der Waals surface area contributed by atoms with Crippen LogP contribution in [0.2, 0.25) is 0 Å². The zero-order chi connectivity index (χ0) is 11.7. The van der Waals surface area contributed by atoms with Gasteiger partial charge < -0.3 is 4.74 Å². The van der Waals surface area contributed by atoms with Crippen molar-refractivity contribution in [1.82, 2.24) is 0 Å². The monoisotopic (exact) mass is 173 g/mol. The standard InChI is InChI=1S/C10H18O2/c1-3-5-6-7-9-12-10(11)8-4-2/h6-7H,3-5,8-9H2,1-2H3/b7-6+/i1D3. The Morgan fingerprint density at radius 3 is 3.00 bits per heavy atom. The number of carbonyl (C=O) groups excluding carboxylic acids is 1. The van der Waals surface area contributed by atoms with Crippen LogP contribution in [0.1, 0.15) is 43.6 Å². The lowest BCUT2D eigenvalue weighted by Gasteiger charge is -1.98. The van der Waals surface area contributed by atoms with Gasteiger partial charge >= 0.3 is 5.97 Å². The first-order valence-corrected chi connectivity index (χ1v) is 4.26. The Bertz CT molecular complexity index is 209. The number of esters is 1. The van der Waals surface area contributed by atoms with Gasteiger partial charge in [0.15, 0.2) is 0 Å². The maximum absolute atomic E-state index is 10.9. The normalized spacial score (nSPS) is 15.2. The molecule has 0 bridgehead atoms. The molecule has 0 unspecified atom stereocenters. The molecule has 0 N–H and O–H groups in total.